The highest BCUT2D eigenvalue weighted by Gasteiger charge is 2.57. The van der Waals surface area contributed by atoms with Crippen molar-refractivity contribution in [2.75, 3.05) is 6.61 Å². The minimum Gasteiger partial charge on any atom is -0.507 e. The molecule has 1 aliphatic carbocycles. The van der Waals surface area contributed by atoms with Gasteiger partial charge in [0.2, 0.25) is 11.8 Å². The molecule has 4 heterocycles. The number of hydrogen-bond donors (Lipinski definition) is 2. The van der Waals surface area contributed by atoms with Crippen LogP contribution in [0, 0.1) is 17.8 Å². The highest BCUT2D eigenvalue weighted by atomic mass is 79.9. The summed E-state index contributed by atoms with van der Waals surface area (Å²) >= 11 is 5.02. The van der Waals surface area contributed by atoms with Gasteiger partial charge in [0, 0.05) is 21.1 Å². The van der Waals surface area contributed by atoms with Crippen LogP contribution in [-0.2, 0) is 20.8 Å². The van der Waals surface area contributed by atoms with Gasteiger partial charge in [-0.1, -0.05) is 46.3 Å². The molecule has 3 aliphatic rings. The molecule has 2 fully saturated rings. The van der Waals surface area contributed by atoms with Crippen molar-refractivity contribution in [2.45, 2.75) is 38.2 Å². The lowest BCUT2D eigenvalue weighted by Gasteiger charge is -2.43. The number of fused-ring (bicyclic) bond motifs is 3. The number of phenols is 1. The van der Waals surface area contributed by atoms with Crippen molar-refractivity contribution < 1.29 is 29.1 Å². The van der Waals surface area contributed by atoms with Gasteiger partial charge in [0.15, 0.2) is 0 Å². The summed E-state index contributed by atoms with van der Waals surface area (Å²) in [7, 11) is -1.09. The number of likely N-dealkylation sites (tertiary alicyclic amines) is 1. The van der Waals surface area contributed by atoms with Gasteiger partial charge in [-0.25, -0.2) is 0 Å². The number of ether oxygens (including phenoxy) is 1. The number of aromatic nitrogens is 1. The van der Waals surface area contributed by atoms with Crippen LogP contribution < -0.4 is 4.74 Å². The van der Waals surface area contributed by atoms with Crippen LogP contribution in [0.4, 0.5) is 0 Å². The average Bonchev–Trinajstić information content (AvgIpc) is 3.70. The second-order valence-corrected chi connectivity index (χ2v) is 14.3. The third kappa shape index (κ3) is 6.78. The molecule has 0 saturated carbocycles. The zero-order valence-electron chi connectivity index (χ0n) is 26.1. The van der Waals surface area contributed by atoms with Crippen LogP contribution in [-0.4, -0.2) is 51.7 Å². The molecular weight excluding hydrogens is 691 g/mol. The molecule has 2 amide bonds. The summed E-state index contributed by atoms with van der Waals surface area (Å²) in [5.41, 5.74) is 4.17. The van der Waals surface area contributed by atoms with Crippen molar-refractivity contribution in [1.29, 1.82) is 0 Å². The smallest absolute Gasteiger partial charge is 0.455 e. The van der Waals surface area contributed by atoms with Gasteiger partial charge in [-0.05, 0) is 108 Å². The molecule has 4 aromatic rings. The van der Waals surface area contributed by atoms with Gasteiger partial charge in [-0.3, -0.25) is 19.5 Å². The number of halogens is 1. The molecule has 2 saturated heterocycles. The molecule has 2 aliphatic heterocycles. The molecule has 2 aromatic heterocycles. The number of thiophene rings is 1. The number of hydrogen-bond acceptors (Lipinski definition) is 8. The number of para-hydroxylation sites is 1. The number of pyridine rings is 1. The molecule has 0 unspecified atom stereocenters. The molecule has 48 heavy (non-hydrogen) atoms. The number of imide groups is 1. The van der Waals surface area contributed by atoms with Gasteiger partial charge < -0.3 is 19.5 Å². The third-order valence-electron chi connectivity index (χ3n) is 9.44. The maximum atomic E-state index is 14.0. The number of carbonyl (C=O) groups excluding carboxylic acids is 2. The van der Waals surface area contributed by atoms with Gasteiger partial charge in [0.1, 0.15) is 18.1 Å². The summed E-state index contributed by atoms with van der Waals surface area (Å²) in [5.74, 6) is -0.951. The Morgan fingerprint density at radius 2 is 1.90 bits per heavy atom. The van der Waals surface area contributed by atoms with Crippen LogP contribution in [0.25, 0.3) is 11.6 Å². The summed E-state index contributed by atoms with van der Waals surface area (Å²) in [6.45, 7) is 0.500. The zero-order chi connectivity index (χ0) is 33.2. The highest BCUT2D eigenvalue weighted by molar-refractivity contribution is 9.10. The van der Waals surface area contributed by atoms with E-state index in [0.29, 0.717) is 30.6 Å². The summed E-state index contributed by atoms with van der Waals surface area (Å²) in [6.07, 6.45) is 4.73. The summed E-state index contributed by atoms with van der Waals surface area (Å²) in [4.78, 5) is 34.8. The quantitative estimate of drug-likeness (QED) is 0.103. The molecule has 7 rings (SSSR count). The second-order valence-electron chi connectivity index (χ2n) is 12.4. The SMILES string of the molecule is O=C1[C@@H]2[C@@H](CC(COc3ccccc3)=C3[C@@H](CC/C(=C/c4cc(Br)ccc4O)c4ccccn4)OB(O)C[C@@H]32)C(=O)N1Cc1cccs1. The van der Waals surface area contributed by atoms with E-state index in [1.54, 1.807) is 18.3 Å². The van der Waals surface area contributed by atoms with Crippen LogP contribution in [0.5, 0.6) is 11.5 Å². The number of phenolic OH excluding ortho intramolecular Hbond substituents is 1. The average molecular weight is 725 g/mol. The van der Waals surface area contributed by atoms with Crippen LogP contribution in [0.1, 0.15) is 35.4 Å². The van der Waals surface area contributed by atoms with E-state index in [1.165, 1.54) is 16.2 Å². The minimum atomic E-state index is -1.09. The standard InChI is InChI=1S/C37H34BBrN2O6S/c39-26-12-13-32(42)24(18-26)17-23(31-10-4-5-15-40-31)11-14-33-34-25(22-46-27-7-2-1-3-8-27)19-29-35(30(34)20-38(45)47-33)37(44)41(36(29)43)21-28-9-6-16-48-28/h1-10,12-13,15-18,29-30,33,35,42,45H,11,14,19-22H2/b23-17-/t29-,30+,33-,35-/m1/s1. The van der Waals surface area contributed by atoms with Crippen LogP contribution in [0.15, 0.2) is 106 Å². The molecule has 4 atom stereocenters. The van der Waals surface area contributed by atoms with Crippen molar-refractivity contribution in [1.82, 2.24) is 9.88 Å². The van der Waals surface area contributed by atoms with E-state index >= 15 is 0 Å². The van der Waals surface area contributed by atoms with Gasteiger partial charge in [0.25, 0.3) is 0 Å². The predicted octanol–water partition coefficient (Wildman–Crippen LogP) is 7.01. The van der Waals surface area contributed by atoms with Crippen molar-refractivity contribution in [3.05, 3.63) is 122 Å². The fraction of sp³-hybridized carbons (Fsp3) is 0.270. The van der Waals surface area contributed by atoms with Crippen molar-refractivity contribution in [3.8, 4) is 11.5 Å². The summed E-state index contributed by atoms with van der Waals surface area (Å²) in [6, 6.07) is 24.3. The van der Waals surface area contributed by atoms with E-state index in [9.17, 15) is 19.7 Å². The lowest BCUT2D eigenvalue weighted by atomic mass is 9.58. The second kappa shape index (κ2) is 14.2. The summed E-state index contributed by atoms with van der Waals surface area (Å²) in [5, 5.41) is 23.7. The molecule has 244 valence electrons. The van der Waals surface area contributed by atoms with E-state index in [2.05, 4.69) is 20.9 Å². The Balaban J connectivity index is 1.23. The Kier molecular flexibility index (Phi) is 9.63. The monoisotopic (exact) mass is 724 g/mol. The lowest BCUT2D eigenvalue weighted by molar-refractivity contribution is -0.140. The number of aromatic hydroxyl groups is 1. The first-order valence-corrected chi connectivity index (χ1v) is 17.7. The first-order valence-electron chi connectivity index (χ1n) is 16.1. The lowest BCUT2D eigenvalue weighted by Crippen LogP contribution is -2.46. The minimum absolute atomic E-state index is 0.147. The van der Waals surface area contributed by atoms with Gasteiger partial charge in [-0.15, -0.1) is 11.3 Å². The number of allylic oxidation sites excluding steroid dienone is 1. The number of benzene rings is 2. The van der Waals surface area contributed by atoms with Gasteiger partial charge in [-0.2, -0.15) is 0 Å². The molecule has 2 aromatic carbocycles. The summed E-state index contributed by atoms with van der Waals surface area (Å²) < 4.78 is 13.4. The molecule has 8 nitrogen and oxygen atoms in total. The maximum Gasteiger partial charge on any atom is 0.455 e. The fourth-order valence-electron chi connectivity index (χ4n) is 7.31. The van der Waals surface area contributed by atoms with E-state index in [-0.39, 0.29) is 43.0 Å². The van der Waals surface area contributed by atoms with Crippen LogP contribution in [0.2, 0.25) is 6.32 Å². The van der Waals surface area contributed by atoms with E-state index in [0.717, 1.165) is 31.8 Å². The first kappa shape index (κ1) is 32.5. The topological polar surface area (TPSA) is 109 Å². The molecule has 0 bridgehead atoms. The number of nitrogens with zero attached hydrogens (tertiary/aromatic N) is 2. The number of amides is 2. The van der Waals surface area contributed by atoms with Crippen molar-refractivity contribution >= 4 is 57.8 Å². The van der Waals surface area contributed by atoms with E-state index in [4.69, 9.17) is 9.39 Å². The van der Waals surface area contributed by atoms with E-state index < -0.39 is 25.1 Å². The molecule has 11 heteroatoms. The van der Waals surface area contributed by atoms with Crippen LogP contribution >= 0.6 is 27.3 Å². The van der Waals surface area contributed by atoms with Crippen LogP contribution in [0.3, 0.4) is 0 Å². The van der Waals surface area contributed by atoms with Crippen molar-refractivity contribution in [2.24, 2.45) is 17.8 Å². The Morgan fingerprint density at radius 3 is 2.67 bits per heavy atom. The largest absolute Gasteiger partial charge is 0.507 e. The Hall–Kier alpha value is -4.03. The Morgan fingerprint density at radius 1 is 1.06 bits per heavy atom. The Labute approximate surface area is 292 Å². The number of carbonyl (C=O) groups is 2. The van der Waals surface area contributed by atoms with Gasteiger partial charge in [0.05, 0.1) is 30.2 Å². The molecular formula is C37H34BBrN2O6S. The number of rotatable bonds is 10. The maximum absolute atomic E-state index is 14.0. The third-order valence-corrected chi connectivity index (χ3v) is 10.8. The predicted molar refractivity (Wildman–Crippen MR) is 189 cm³/mol. The first-order chi connectivity index (χ1) is 23.4. The Bertz CT molecular complexity index is 1850. The molecule has 2 N–H and O–H groups in total. The normalized spacial score (nSPS) is 22.6. The van der Waals surface area contributed by atoms with Gasteiger partial charge >= 0.3 is 7.12 Å². The van der Waals surface area contributed by atoms with Crippen molar-refractivity contribution in [3.63, 3.8) is 0 Å². The molecule has 0 spiro atoms. The highest BCUT2D eigenvalue weighted by Crippen LogP contribution is 2.51. The van der Waals surface area contributed by atoms with E-state index in [1.807, 2.05) is 78.2 Å². The zero-order valence-corrected chi connectivity index (χ0v) is 28.5. The molecule has 0 radical (unpaired) electrons. The fourth-order valence-corrected chi connectivity index (χ4v) is 8.38.